The lowest BCUT2D eigenvalue weighted by Gasteiger charge is -2.31. The molecule has 1 aromatic carbocycles. The largest absolute Gasteiger partial charge is 0.381 e. The standard InChI is InChI=1S/C16H20FNO2/c1-10(19)16-13(17)3-2-4-14(16)18-12-7-8-20-15(9-12)11-5-6-11/h2-4,11-12,15,18H,5-9H2,1H3. The third kappa shape index (κ3) is 2.85. The van der Waals surface area contributed by atoms with Crippen LogP contribution < -0.4 is 5.32 Å². The Bertz CT molecular complexity index is 513. The molecule has 3 nitrogen and oxygen atoms in total. The van der Waals surface area contributed by atoms with Gasteiger partial charge in [-0.25, -0.2) is 4.39 Å². The molecule has 1 saturated heterocycles. The number of anilines is 1. The number of ether oxygens (including phenoxy) is 1. The molecular formula is C16H20FNO2. The van der Waals surface area contributed by atoms with Crippen molar-refractivity contribution < 1.29 is 13.9 Å². The summed E-state index contributed by atoms with van der Waals surface area (Å²) in [4.78, 5) is 11.6. The van der Waals surface area contributed by atoms with Gasteiger partial charge in [-0.05, 0) is 50.7 Å². The van der Waals surface area contributed by atoms with Gasteiger partial charge in [0.2, 0.25) is 0 Å². The molecule has 1 aliphatic heterocycles. The predicted molar refractivity (Wildman–Crippen MR) is 75.5 cm³/mol. The van der Waals surface area contributed by atoms with Gasteiger partial charge in [-0.15, -0.1) is 0 Å². The first-order valence-electron chi connectivity index (χ1n) is 7.32. The average Bonchev–Trinajstić information content (AvgIpc) is 3.23. The highest BCUT2D eigenvalue weighted by atomic mass is 19.1. The molecule has 1 heterocycles. The Balaban J connectivity index is 1.73. The van der Waals surface area contributed by atoms with Crippen LogP contribution in [0.25, 0.3) is 0 Å². The zero-order valence-electron chi connectivity index (χ0n) is 11.7. The van der Waals surface area contributed by atoms with Gasteiger partial charge in [-0.1, -0.05) is 6.07 Å². The first kappa shape index (κ1) is 13.6. The summed E-state index contributed by atoms with van der Waals surface area (Å²) in [5.74, 6) is 0.0177. The fourth-order valence-electron chi connectivity index (χ4n) is 2.98. The molecule has 0 spiro atoms. The summed E-state index contributed by atoms with van der Waals surface area (Å²) in [7, 11) is 0. The van der Waals surface area contributed by atoms with Crippen LogP contribution >= 0.6 is 0 Å². The maximum Gasteiger partial charge on any atom is 0.164 e. The Morgan fingerprint density at radius 1 is 1.35 bits per heavy atom. The normalized spacial score (nSPS) is 26.3. The molecule has 3 rings (SSSR count). The monoisotopic (exact) mass is 277 g/mol. The predicted octanol–water partition coefficient (Wildman–Crippen LogP) is 3.40. The molecule has 2 atom stereocenters. The Morgan fingerprint density at radius 2 is 2.15 bits per heavy atom. The number of ketones is 1. The van der Waals surface area contributed by atoms with Crippen molar-refractivity contribution in [3.63, 3.8) is 0 Å². The number of carbonyl (C=O) groups excluding carboxylic acids is 1. The molecule has 0 amide bonds. The van der Waals surface area contributed by atoms with Gasteiger partial charge in [0.05, 0.1) is 11.7 Å². The summed E-state index contributed by atoms with van der Waals surface area (Å²) in [6.07, 6.45) is 4.69. The zero-order chi connectivity index (χ0) is 14.1. The number of benzene rings is 1. The van der Waals surface area contributed by atoms with Crippen LogP contribution in [-0.2, 0) is 4.74 Å². The number of carbonyl (C=O) groups is 1. The zero-order valence-corrected chi connectivity index (χ0v) is 11.7. The average molecular weight is 277 g/mol. The van der Waals surface area contributed by atoms with Crippen molar-refractivity contribution in [2.75, 3.05) is 11.9 Å². The molecule has 1 saturated carbocycles. The second kappa shape index (κ2) is 5.52. The molecule has 1 N–H and O–H groups in total. The SMILES string of the molecule is CC(=O)c1c(F)cccc1NC1CCOC(C2CC2)C1. The highest BCUT2D eigenvalue weighted by Gasteiger charge is 2.36. The quantitative estimate of drug-likeness (QED) is 0.857. The lowest BCUT2D eigenvalue weighted by Crippen LogP contribution is -2.35. The number of halogens is 1. The van der Waals surface area contributed by atoms with Crippen molar-refractivity contribution >= 4 is 11.5 Å². The topological polar surface area (TPSA) is 38.3 Å². The number of nitrogens with one attached hydrogen (secondary N) is 1. The van der Waals surface area contributed by atoms with E-state index in [2.05, 4.69) is 5.32 Å². The van der Waals surface area contributed by atoms with Crippen molar-refractivity contribution in [1.82, 2.24) is 0 Å². The lowest BCUT2D eigenvalue weighted by atomic mass is 9.99. The number of hydrogen-bond donors (Lipinski definition) is 1. The van der Waals surface area contributed by atoms with Gasteiger partial charge in [0.15, 0.2) is 5.78 Å². The van der Waals surface area contributed by atoms with Gasteiger partial charge in [-0.3, -0.25) is 4.79 Å². The van der Waals surface area contributed by atoms with Gasteiger partial charge in [0.25, 0.3) is 0 Å². The summed E-state index contributed by atoms with van der Waals surface area (Å²) >= 11 is 0. The Kier molecular flexibility index (Phi) is 3.74. The van der Waals surface area contributed by atoms with E-state index in [-0.39, 0.29) is 17.4 Å². The number of rotatable bonds is 4. The van der Waals surface area contributed by atoms with Crippen molar-refractivity contribution in [2.45, 2.75) is 44.8 Å². The van der Waals surface area contributed by atoms with Gasteiger partial charge in [0.1, 0.15) is 5.82 Å². The van der Waals surface area contributed by atoms with E-state index in [1.54, 1.807) is 12.1 Å². The van der Waals surface area contributed by atoms with Crippen molar-refractivity contribution in [2.24, 2.45) is 5.92 Å². The summed E-state index contributed by atoms with van der Waals surface area (Å²) in [6.45, 7) is 2.14. The molecule has 0 radical (unpaired) electrons. The van der Waals surface area contributed by atoms with Crippen molar-refractivity contribution in [1.29, 1.82) is 0 Å². The molecule has 108 valence electrons. The molecular weight excluding hydrogens is 257 g/mol. The summed E-state index contributed by atoms with van der Waals surface area (Å²) in [6, 6.07) is 5.01. The highest BCUT2D eigenvalue weighted by Crippen LogP contribution is 2.38. The molecule has 1 aliphatic carbocycles. The fourth-order valence-corrected chi connectivity index (χ4v) is 2.98. The molecule has 0 bridgehead atoms. The van der Waals surface area contributed by atoms with Crippen LogP contribution in [0, 0.1) is 11.7 Å². The minimum Gasteiger partial charge on any atom is -0.381 e. The van der Waals surface area contributed by atoms with E-state index in [4.69, 9.17) is 4.74 Å². The maximum atomic E-state index is 13.8. The van der Waals surface area contributed by atoms with Crippen molar-refractivity contribution in [3.8, 4) is 0 Å². The van der Waals surface area contributed by atoms with Crippen molar-refractivity contribution in [3.05, 3.63) is 29.6 Å². The van der Waals surface area contributed by atoms with Gasteiger partial charge in [-0.2, -0.15) is 0 Å². The van der Waals surface area contributed by atoms with Crippen LogP contribution in [0.2, 0.25) is 0 Å². The van der Waals surface area contributed by atoms with E-state index in [9.17, 15) is 9.18 Å². The third-order valence-corrected chi connectivity index (χ3v) is 4.19. The first-order chi connectivity index (χ1) is 9.65. The second-order valence-corrected chi connectivity index (χ2v) is 5.83. The molecule has 2 fully saturated rings. The van der Waals surface area contributed by atoms with Gasteiger partial charge >= 0.3 is 0 Å². The van der Waals surface area contributed by atoms with E-state index in [0.717, 1.165) is 19.4 Å². The van der Waals surface area contributed by atoms with E-state index in [1.807, 2.05) is 0 Å². The second-order valence-electron chi connectivity index (χ2n) is 5.83. The summed E-state index contributed by atoms with van der Waals surface area (Å²) in [5.41, 5.74) is 0.779. The minimum atomic E-state index is -0.451. The molecule has 4 heteroatoms. The van der Waals surface area contributed by atoms with Crippen LogP contribution in [0.3, 0.4) is 0 Å². The fraction of sp³-hybridized carbons (Fsp3) is 0.562. The van der Waals surface area contributed by atoms with Gasteiger partial charge in [0, 0.05) is 18.3 Å². The third-order valence-electron chi connectivity index (χ3n) is 4.19. The van der Waals surface area contributed by atoms with Crippen LogP contribution in [0.5, 0.6) is 0 Å². The van der Waals surface area contributed by atoms with E-state index in [0.29, 0.717) is 17.7 Å². The summed E-state index contributed by atoms with van der Waals surface area (Å²) < 4.78 is 19.6. The molecule has 2 aliphatic rings. The summed E-state index contributed by atoms with van der Waals surface area (Å²) in [5, 5.41) is 3.34. The Hall–Kier alpha value is -1.42. The van der Waals surface area contributed by atoms with Crippen LogP contribution in [0.4, 0.5) is 10.1 Å². The van der Waals surface area contributed by atoms with E-state index < -0.39 is 5.82 Å². The molecule has 2 unspecified atom stereocenters. The smallest absolute Gasteiger partial charge is 0.164 e. The number of Topliss-reactive ketones (excluding diaryl/α,β-unsaturated/α-hetero) is 1. The highest BCUT2D eigenvalue weighted by molar-refractivity contribution is 5.99. The van der Waals surface area contributed by atoms with Gasteiger partial charge < -0.3 is 10.1 Å². The minimum absolute atomic E-state index is 0.168. The van der Waals surface area contributed by atoms with E-state index >= 15 is 0 Å². The van der Waals surface area contributed by atoms with Crippen LogP contribution in [0.15, 0.2) is 18.2 Å². The first-order valence-corrected chi connectivity index (χ1v) is 7.32. The Labute approximate surface area is 118 Å². The van der Waals surface area contributed by atoms with Crippen LogP contribution in [-0.4, -0.2) is 24.5 Å². The molecule has 0 aromatic heterocycles. The molecule has 1 aromatic rings. The van der Waals surface area contributed by atoms with E-state index in [1.165, 1.54) is 25.8 Å². The molecule has 20 heavy (non-hydrogen) atoms. The Morgan fingerprint density at radius 3 is 2.85 bits per heavy atom. The number of hydrogen-bond acceptors (Lipinski definition) is 3. The lowest BCUT2D eigenvalue weighted by molar-refractivity contribution is -0.00219. The van der Waals surface area contributed by atoms with Crippen LogP contribution in [0.1, 0.15) is 43.0 Å². The maximum absolute atomic E-state index is 13.8.